The Labute approximate surface area is 121 Å². The molecule has 1 N–H and O–H groups in total. The number of rotatable bonds is 5. The first-order valence-electron chi connectivity index (χ1n) is 7.50. The van der Waals surface area contributed by atoms with Gasteiger partial charge in [-0.2, -0.15) is 0 Å². The third-order valence-corrected chi connectivity index (χ3v) is 4.02. The van der Waals surface area contributed by atoms with E-state index in [1.165, 1.54) is 18.4 Å². The highest BCUT2D eigenvalue weighted by Crippen LogP contribution is 2.29. The van der Waals surface area contributed by atoms with E-state index in [-0.39, 0.29) is 12.1 Å². The number of morpholine rings is 1. The van der Waals surface area contributed by atoms with Crippen LogP contribution in [0.1, 0.15) is 24.4 Å². The lowest BCUT2D eigenvalue weighted by molar-refractivity contribution is -0.0380. The summed E-state index contributed by atoms with van der Waals surface area (Å²) in [6.07, 6.45) is 3.01. The van der Waals surface area contributed by atoms with E-state index < -0.39 is 0 Å². The molecule has 110 valence electrons. The molecule has 3 rings (SSSR count). The number of hydrogen-bond donors (Lipinski definition) is 1. The summed E-state index contributed by atoms with van der Waals surface area (Å²) in [7, 11) is 4.14. The molecule has 1 aromatic carbocycles. The highest BCUT2D eigenvalue weighted by Gasteiger charge is 2.28. The second-order valence-electron chi connectivity index (χ2n) is 5.83. The molecule has 1 aliphatic heterocycles. The van der Waals surface area contributed by atoms with E-state index in [4.69, 9.17) is 9.47 Å². The standard InChI is InChI=1S/C16H24N2O2/c1-17-16(15-11-18(2)8-9-19-15)12-4-3-5-14(10-12)20-13-6-7-13/h3-5,10,13,15-17H,6-9,11H2,1-2H3. The van der Waals surface area contributed by atoms with Crippen molar-refractivity contribution >= 4 is 0 Å². The fraction of sp³-hybridized carbons (Fsp3) is 0.625. The lowest BCUT2D eigenvalue weighted by Gasteiger charge is -2.35. The van der Waals surface area contributed by atoms with Crippen molar-refractivity contribution in [2.45, 2.75) is 31.1 Å². The van der Waals surface area contributed by atoms with Crippen LogP contribution in [0.4, 0.5) is 0 Å². The molecule has 0 bridgehead atoms. The van der Waals surface area contributed by atoms with E-state index in [2.05, 4.69) is 35.5 Å². The predicted molar refractivity (Wildman–Crippen MR) is 79.1 cm³/mol. The van der Waals surface area contributed by atoms with Gasteiger partial charge in [0.15, 0.2) is 0 Å². The molecule has 0 aromatic heterocycles. The maximum atomic E-state index is 5.94. The van der Waals surface area contributed by atoms with Crippen molar-refractivity contribution in [1.82, 2.24) is 10.2 Å². The Kier molecular flexibility index (Phi) is 4.24. The lowest BCUT2D eigenvalue weighted by atomic mass is 10.00. The highest BCUT2D eigenvalue weighted by atomic mass is 16.5. The zero-order valence-corrected chi connectivity index (χ0v) is 12.3. The quantitative estimate of drug-likeness (QED) is 0.889. The van der Waals surface area contributed by atoms with Crippen molar-refractivity contribution in [2.24, 2.45) is 0 Å². The molecular formula is C16H24N2O2. The van der Waals surface area contributed by atoms with Crippen LogP contribution in [0.25, 0.3) is 0 Å². The molecular weight excluding hydrogens is 252 g/mol. The van der Waals surface area contributed by atoms with Gasteiger partial charge >= 0.3 is 0 Å². The van der Waals surface area contributed by atoms with Gasteiger partial charge < -0.3 is 19.7 Å². The van der Waals surface area contributed by atoms with Crippen molar-refractivity contribution < 1.29 is 9.47 Å². The van der Waals surface area contributed by atoms with Crippen LogP contribution in [0.2, 0.25) is 0 Å². The normalized spacial score (nSPS) is 25.4. The predicted octanol–water partition coefficient (Wildman–Crippen LogP) is 1.82. The number of hydrogen-bond acceptors (Lipinski definition) is 4. The summed E-state index contributed by atoms with van der Waals surface area (Å²) >= 11 is 0. The highest BCUT2D eigenvalue weighted by molar-refractivity contribution is 5.31. The third kappa shape index (κ3) is 3.32. The van der Waals surface area contributed by atoms with Gasteiger partial charge in [-0.3, -0.25) is 0 Å². The zero-order valence-electron chi connectivity index (χ0n) is 12.3. The van der Waals surface area contributed by atoms with Crippen molar-refractivity contribution in [3.8, 4) is 5.75 Å². The Balaban J connectivity index is 1.73. The molecule has 2 unspecified atom stereocenters. The molecule has 2 atom stereocenters. The van der Waals surface area contributed by atoms with Crippen molar-refractivity contribution in [3.63, 3.8) is 0 Å². The molecule has 1 heterocycles. The molecule has 1 saturated carbocycles. The molecule has 2 fully saturated rings. The second-order valence-corrected chi connectivity index (χ2v) is 5.83. The summed E-state index contributed by atoms with van der Waals surface area (Å²) in [4.78, 5) is 2.32. The second kappa shape index (κ2) is 6.12. The third-order valence-electron chi connectivity index (χ3n) is 4.02. The van der Waals surface area contributed by atoms with Gasteiger partial charge in [-0.1, -0.05) is 12.1 Å². The Hall–Kier alpha value is -1.10. The van der Waals surface area contributed by atoms with Crippen LogP contribution in [0.3, 0.4) is 0 Å². The molecule has 0 radical (unpaired) electrons. The SMILES string of the molecule is CNC(c1cccc(OC2CC2)c1)C1CN(C)CCO1. The Morgan fingerprint density at radius 2 is 2.25 bits per heavy atom. The zero-order chi connectivity index (χ0) is 13.9. The fourth-order valence-corrected chi connectivity index (χ4v) is 2.74. The van der Waals surface area contributed by atoms with Crippen LogP contribution in [0.5, 0.6) is 5.75 Å². The first-order valence-corrected chi connectivity index (χ1v) is 7.50. The van der Waals surface area contributed by atoms with Gasteiger partial charge in [-0.15, -0.1) is 0 Å². The molecule has 0 spiro atoms. The van der Waals surface area contributed by atoms with E-state index in [0.29, 0.717) is 6.10 Å². The van der Waals surface area contributed by atoms with E-state index in [0.717, 1.165) is 25.4 Å². The van der Waals surface area contributed by atoms with Crippen molar-refractivity contribution in [2.75, 3.05) is 33.8 Å². The van der Waals surface area contributed by atoms with Gasteiger partial charge in [0.25, 0.3) is 0 Å². The number of nitrogens with one attached hydrogen (secondary N) is 1. The number of benzene rings is 1. The number of likely N-dealkylation sites (N-methyl/N-ethyl adjacent to an activating group) is 2. The van der Waals surface area contributed by atoms with Gasteiger partial charge in [0.1, 0.15) is 5.75 Å². The molecule has 1 aliphatic carbocycles. The first kappa shape index (κ1) is 13.9. The topological polar surface area (TPSA) is 33.7 Å². The van der Waals surface area contributed by atoms with Crippen molar-refractivity contribution in [3.05, 3.63) is 29.8 Å². The van der Waals surface area contributed by atoms with Crippen LogP contribution >= 0.6 is 0 Å². The Morgan fingerprint density at radius 1 is 1.40 bits per heavy atom. The monoisotopic (exact) mass is 276 g/mol. The molecule has 2 aliphatic rings. The van der Waals surface area contributed by atoms with Crippen LogP contribution < -0.4 is 10.1 Å². The summed E-state index contributed by atoms with van der Waals surface area (Å²) < 4.78 is 11.8. The van der Waals surface area contributed by atoms with Gasteiger partial charge in [0, 0.05) is 13.1 Å². The number of nitrogens with zero attached hydrogens (tertiary/aromatic N) is 1. The Bertz CT molecular complexity index is 448. The summed E-state index contributed by atoms with van der Waals surface area (Å²) in [6.45, 7) is 2.77. The van der Waals surface area contributed by atoms with Crippen LogP contribution in [0.15, 0.2) is 24.3 Å². The van der Waals surface area contributed by atoms with Gasteiger partial charge in [-0.05, 0) is 44.6 Å². The van der Waals surface area contributed by atoms with Crippen LogP contribution in [0, 0.1) is 0 Å². The minimum atomic E-state index is 0.190. The van der Waals surface area contributed by atoms with Crippen LogP contribution in [-0.4, -0.2) is 50.9 Å². The van der Waals surface area contributed by atoms with Gasteiger partial charge in [0.2, 0.25) is 0 Å². The van der Waals surface area contributed by atoms with Crippen LogP contribution in [-0.2, 0) is 4.74 Å². The minimum Gasteiger partial charge on any atom is -0.490 e. The smallest absolute Gasteiger partial charge is 0.120 e. The Morgan fingerprint density at radius 3 is 2.95 bits per heavy atom. The summed E-state index contributed by atoms with van der Waals surface area (Å²) in [5.41, 5.74) is 1.24. The summed E-state index contributed by atoms with van der Waals surface area (Å²) in [5.74, 6) is 0.981. The maximum Gasteiger partial charge on any atom is 0.120 e. The molecule has 1 saturated heterocycles. The average molecular weight is 276 g/mol. The molecule has 20 heavy (non-hydrogen) atoms. The first-order chi connectivity index (χ1) is 9.76. The van der Waals surface area contributed by atoms with E-state index in [1.54, 1.807) is 0 Å². The minimum absolute atomic E-state index is 0.190. The molecule has 4 heteroatoms. The molecule has 0 amide bonds. The maximum absolute atomic E-state index is 5.94. The largest absolute Gasteiger partial charge is 0.490 e. The molecule has 4 nitrogen and oxygen atoms in total. The van der Waals surface area contributed by atoms with E-state index in [9.17, 15) is 0 Å². The van der Waals surface area contributed by atoms with Gasteiger partial charge in [-0.25, -0.2) is 0 Å². The van der Waals surface area contributed by atoms with Gasteiger partial charge in [0.05, 0.1) is 24.9 Å². The van der Waals surface area contributed by atoms with Crippen molar-refractivity contribution in [1.29, 1.82) is 0 Å². The molecule has 1 aromatic rings. The summed E-state index contributed by atoms with van der Waals surface area (Å²) in [6, 6.07) is 8.63. The number of ether oxygens (including phenoxy) is 2. The lowest BCUT2D eigenvalue weighted by Crippen LogP contribution is -2.46. The fourth-order valence-electron chi connectivity index (χ4n) is 2.74. The van der Waals surface area contributed by atoms with E-state index in [1.807, 2.05) is 13.1 Å². The average Bonchev–Trinajstić information content (AvgIpc) is 3.24. The van der Waals surface area contributed by atoms with E-state index >= 15 is 0 Å². The summed E-state index contributed by atoms with van der Waals surface area (Å²) in [5, 5.41) is 3.40.